The summed E-state index contributed by atoms with van der Waals surface area (Å²) in [5, 5.41) is -0.749. The lowest BCUT2D eigenvalue weighted by molar-refractivity contribution is -0.137. The second kappa shape index (κ2) is 4.77. The predicted molar refractivity (Wildman–Crippen MR) is 61.6 cm³/mol. The smallest absolute Gasteiger partial charge is 0.323 e. The van der Waals surface area contributed by atoms with E-state index in [9.17, 15) is 21.6 Å². The Kier molecular flexibility index (Phi) is 3.92. The Bertz CT molecular complexity index is 539. The fraction of sp³-hybridized carbons (Fsp3) is 0.400. The number of hydrogen-bond acceptors (Lipinski definition) is 4. The quantitative estimate of drug-likeness (QED) is 0.658. The number of sulfone groups is 1. The minimum atomic E-state index is -4.55. The Hall–Kier alpha value is -1.28. The molecule has 1 aromatic carbocycles. The van der Waals surface area contributed by atoms with Crippen LogP contribution in [0, 0.1) is 0 Å². The maximum absolute atomic E-state index is 12.5. The summed E-state index contributed by atoms with van der Waals surface area (Å²) in [4.78, 5) is -0.243. The average molecular weight is 282 g/mol. The Balaban J connectivity index is 3.43. The second-order valence-corrected chi connectivity index (χ2v) is 6.42. The molecule has 8 heteroatoms. The van der Waals surface area contributed by atoms with Crippen molar-refractivity contribution >= 4 is 15.5 Å². The van der Waals surface area contributed by atoms with E-state index in [2.05, 4.69) is 0 Å². The van der Waals surface area contributed by atoms with E-state index in [0.29, 0.717) is 6.07 Å². The number of benzene rings is 1. The highest BCUT2D eigenvalue weighted by atomic mass is 32.2. The molecule has 0 atom stereocenters. The monoisotopic (exact) mass is 282 g/mol. The lowest BCUT2D eigenvalue weighted by Crippen LogP contribution is -2.19. The first kappa shape index (κ1) is 14.8. The van der Waals surface area contributed by atoms with Crippen molar-refractivity contribution in [1.29, 1.82) is 0 Å². The van der Waals surface area contributed by atoms with Crippen molar-refractivity contribution in [3.05, 3.63) is 23.8 Å². The summed E-state index contributed by atoms with van der Waals surface area (Å²) in [6.45, 7) is 2.88. The van der Waals surface area contributed by atoms with Gasteiger partial charge in [0, 0.05) is 0 Å². The molecule has 3 N–H and O–H groups in total. The summed E-state index contributed by atoms with van der Waals surface area (Å²) in [7, 11) is -3.69. The lowest BCUT2D eigenvalue weighted by atomic mass is 10.2. The number of alkyl halides is 3. The Labute approximate surface area is 103 Å². The standard InChI is InChI=1S/C10H13F3N2O2S/c1-6(2)18(16,17)9-4-3-7(10(11,12)13)5-8(9)15-14/h3-6,15H,14H2,1-2H3. The number of rotatable bonds is 3. The molecule has 0 heterocycles. The van der Waals surface area contributed by atoms with Crippen LogP contribution in [0.5, 0.6) is 0 Å². The van der Waals surface area contributed by atoms with Gasteiger partial charge in [-0.15, -0.1) is 0 Å². The molecule has 0 aliphatic rings. The molecule has 0 aliphatic carbocycles. The summed E-state index contributed by atoms with van der Waals surface area (Å²) in [5.41, 5.74) is 0.765. The minimum absolute atomic E-state index is 0.243. The zero-order valence-corrected chi connectivity index (χ0v) is 10.6. The zero-order chi connectivity index (χ0) is 14.1. The van der Waals surface area contributed by atoms with E-state index in [1.807, 2.05) is 5.43 Å². The Morgan fingerprint density at radius 2 is 1.83 bits per heavy atom. The first-order valence-electron chi connectivity index (χ1n) is 5.02. The third kappa shape index (κ3) is 2.75. The van der Waals surface area contributed by atoms with E-state index in [0.717, 1.165) is 12.1 Å². The van der Waals surface area contributed by atoms with Gasteiger partial charge in [-0.25, -0.2) is 8.42 Å². The molecule has 1 rings (SSSR count). The topological polar surface area (TPSA) is 72.2 Å². The molecule has 4 nitrogen and oxygen atoms in total. The number of nitrogen functional groups attached to an aromatic ring is 1. The fourth-order valence-electron chi connectivity index (χ4n) is 1.32. The predicted octanol–water partition coefficient (Wildman–Crippen LogP) is 2.17. The van der Waals surface area contributed by atoms with Gasteiger partial charge in [0.15, 0.2) is 9.84 Å². The first-order chi connectivity index (χ1) is 8.10. The molecular formula is C10H13F3N2O2S. The Morgan fingerprint density at radius 1 is 1.28 bits per heavy atom. The number of hydrazine groups is 1. The second-order valence-electron chi connectivity index (χ2n) is 3.95. The van der Waals surface area contributed by atoms with Gasteiger partial charge in [0.1, 0.15) is 0 Å². The summed E-state index contributed by atoms with van der Waals surface area (Å²) in [6.07, 6.45) is -4.55. The number of nitrogens with two attached hydrogens (primary N) is 1. The van der Waals surface area contributed by atoms with Gasteiger partial charge in [-0.05, 0) is 32.0 Å². The molecule has 0 spiro atoms. The molecule has 0 saturated heterocycles. The molecule has 0 aliphatic heterocycles. The molecule has 102 valence electrons. The molecule has 0 fully saturated rings. The van der Waals surface area contributed by atoms with Gasteiger partial charge in [-0.3, -0.25) is 5.84 Å². The zero-order valence-electron chi connectivity index (χ0n) is 9.75. The van der Waals surface area contributed by atoms with Crippen molar-refractivity contribution in [3.8, 4) is 0 Å². The van der Waals surface area contributed by atoms with Crippen molar-refractivity contribution in [2.45, 2.75) is 30.2 Å². The molecule has 0 aromatic heterocycles. The Morgan fingerprint density at radius 3 is 2.22 bits per heavy atom. The lowest BCUT2D eigenvalue weighted by Gasteiger charge is -2.15. The highest BCUT2D eigenvalue weighted by Gasteiger charge is 2.32. The SMILES string of the molecule is CC(C)S(=O)(=O)c1ccc(C(F)(F)F)cc1NN. The third-order valence-corrected chi connectivity index (χ3v) is 4.60. The van der Waals surface area contributed by atoms with Gasteiger partial charge >= 0.3 is 6.18 Å². The molecule has 0 saturated carbocycles. The van der Waals surface area contributed by atoms with E-state index < -0.39 is 26.8 Å². The summed E-state index contributed by atoms with van der Waals surface area (Å²) in [6, 6.07) is 2.30. The largest absolute Gasteiger partial charge is 0.416 e. The molecule has 1 aromatic rings. The normalized spacial score (nSPS) is 12.8. The van der Waals surface area contributed by atoms with E-state index in [1.54, 1.807) is 0 Å². The fourth-order valence-corrected chi connectivity index (χ4v) is 2.51. The third-order valence-electron chi connectivity index (χ3n) is 2.39. The van der Waals surface area contributed by atoms with Crippen LogP contribution in [0.4, 0.5) is 18.9 Å². The molecule has 0 bridgehead atoms. The number of hydrogen-bond donors (Lipinski definition) is 2. The molecule has 0 radical (unpaired) electrons. The first-order valence-corrected chi connectivity index (χ1v) is 6.57. The van der Waals surface area contributed by atoms with Crippen LogP contribution in [0.3, 0.4) is 0 Å². The maximum atomic E-state index is 12.5. The molecule has 0 amide bonds. The summed E-state index contributed by atoms with van der Waals surface area (Å²) >= 11 is 0. The van der Waals surface area contributed by atoms with Crippen molar-refractivity contribution in [2.24, 2.45) is 5.84 Å². The maximum Gasteiger partial charge on any atom is 0.416 e. The highest BCUT2D eigenvalue weighted by Crippen LogP contribution is 2.34. The average Bonchev–Trinajstić information content (AvgIpc) is 2.26. The minimum Gasteiger partial charge on any atom is -0.323 e. The van der Waals surface area contributed by atoms with E-state index in [1.165, 1.54) is 13.8 Å². The molecule has 0 unspecified atom stereocenters. The van der Waals surface area contributed by atoms with Crippen LogP contribution < -0.4 is 11.3 Å². The molecular weight excluding hydrogens is 269 g/mol. The highest BCUT2D eigenvalue weighted by molar-refractivity contribution is 7.92. The van der Waals surface area contributed by atoms with Crippen LogP contribution in [0.1, 0.15) is 19.4 Å². The van der Waals surface area contributed by atoms with Crippen LogP contribution in [-0.4, -0.2) is 13.7 Å². The van der Waals surface area contributed by atoms with Crippen LogP contribution in [0.25, 0.3) is 0 Å². The van der Waals surface area contributed by atoms with Gasteiger partial charge in [0.25, 0.3) is 0 Å². The van der Waals surface area contributed by atoms with E-state index in [4.69, 9.17) is 5.84 Å². The van der Waals surface area contributed by atoms with Crippen molar-refractivity contribution in [1.82, 2.24) is 0 Å². The van der Waals surface area contributed by atoms with E-state index in [-0.39, 0.29) is 10.6 Å². The summed E-state index contributed by atoms with van der Waals surface area (Å²) < 4.78 is 61.2. The van der Waals surface area contributed by atoms with Gasteiger partial charge in [0.2, 0.25) is 0 Å². The van der Waals surface area contributed by atoms with Crippen LogP contribution in [0.2, 0.25) is 0 Å². The van der Waals surface area contributed by atoms with Crippen molar-refractivity contribution < 1.29 is 21.6 Å². The van der Waals surface area contributed by atoms with Gasteiger partial charge in [-0.1, -0.05) is 0 Å². The van der Waals surface area contributed by atoms with Crippen LogP contribution in [0.15, 0.2) is 23.1 Å². The number of nitrogens with one attached hydrogen (secondary N) is 1. The van der Waals surface area contributed by atoms with E-state index >= 15 is 0 Å². The van der Waals surface area contributed by atoms with Crippen molar-refractivity contribution in [3.63, 3.8) is 0 Å². The number of anilines is 1. The van der Waals surface area contributed by atoms with Gasteiger partial charge in [0.05, 0.1) is 21.4 Å². The summed E-state index contributed by atoms with van der Waals surface area (Å²) in [5.74, 6) is 5.08. The van der Waals surface area contributed by atoms with Crippen LogP contribution in [-0.2, 0) is 16.0 Å². The van der Waals surface area contributed by atoms with Crippen molar-refractivity contribution in [2.75, 3.05) is 5.43 Å². The van der Waals surface area contributed by atoms with Gasteiger partial charge in [-0.2, -0.15) is 13.2 Å². The number of halogens is 3. The van der Waals surface area contributed by atoms with Gasteiger partial charge < -0.3 is 5.43 Å². The molecule has 18 heavy (non-hydrogen) atoms. The van der Waals surface area contributed by atoms with Crippen LogP contribution >= 0.6 is 0 Å².